The van der Waals surface area contributed by atoms with E-state index in [1.54, 1.807) is 18.2 Å². The summed E-state index contributed by atoms with van der Waals surface area (Å²) in [4.78, 5) is -0.0906. The molecule has 6 aromatic rings. The maximum atomic E-state index is 13.6. The fourth-order valence-corrected chi connectivity index (χ4v) is 9.34. The minimum Gasteiger partial charge on any atom is -0.508 e. The first-order valence-electron chi connectivity index (χ1n) is 17.8. The lowest BCUT2D eigenvalue weighted by Gasteiger charge is -2.14. The number of para-hydroxylation sites is 1. The molecule has 0 aromatic heterocycles. The van der Waals surface area contributed by atoms with Gasteiger partial charge in [0.15, 0.2) is 11.5 Å². The van der Waals surface area contributed by atoms with E-state index in [1.807, 2.05) is 6.92 Å². The third kappa shape index (κ3) is 9.62. The Bertz CT molecular complexity index is 2710. The van der Waals surface area contributed by atoms with Crippen molar-refractivity contribution in [3.63, 3.8) is 0 Å². The number of sulfone groups is 3. The molecule has 6 rings (SSSR count). The molecule has 0 unspecified atom stereocenters. The van der Waals surface area contributed by atoms with E-state index in [2.05, 4.69) is 0 Å². The van der Waals surface area contributed by atoms with Gasteiger partial charge in [0, 0.05) is 6.07 Å². The largest absolute Gasteiger partial charge is 0.508 e. The van der Waals surface area contributed by atoms with Crippen LogP contribution in [0.2, 0.25) is 0 Å². The van der Waals surface area contributed by atoms with Crippen molar-refractivity contribution in [3.8, 4) is 40.2 Å². The molecule has 2 N–H and O–H groups in total. The van der Waals surface area contributed by atoms with E-state index < -0.39 is 29.5 Å². The zero-order valence-corrected chi connectivity index (χ0v) is 33.4. The minimum absolute atomic E-state index is 0.00613. The summed E-state index contributed by atoms with van der Waals surface area (Å²) in [5.74, 6) is 1.31. The Hall–Kier alpha value is -6.29. The van der Waals surface area contributed by atoms with Crippen LogP contribution in [0.15, 0.2) is 181 Å². The van der Waals surface area contributed by atoms with Crippen LogP contribution in [0.4, 0.5) is 0 Å². The summed E-state index contributed by atoms with van der Waals surface area (Å²) in [5, 5.41) is 19.5. The predicted molar refractivity (Wildman–Crippen MR) is 214 cm³/mol. The molecular formula is C43H38O12S3. The smallest absolute Gasteiger partial charge is 0.210 e. The first kappa shape index (κ1) is 41.3. The van der Waals surface area contributed by atoms with Gasteiger partial charge in [0.1, 0.15) is 46.9 Å². The Morgan fingerprint density at radius 1 is 0.483 bits per heavy atom. The Kier molecular flexibility index (Phi) is 12.7. The second kappa shape index (κ2) is 17.9. The summed E-state index contributed by atoms with van der Waals surface area (Å²) in [5.41, 5.74) is 0. The van der Waals surface area contributed by atoms with Crippen LogP contribution < -0.4 is 18.9 Å². The van der Waals surface area contributed by atoms with E-state index in [0.29, 0.717) is 36.0 Å². The number of rotatable bonds is 17. The van der Waals surface area contributed by atoms with Gasteiger partial charge in [0.2, 0.25) is 29.5 Å². The maximum absolute atomic E-state index is 13.6. The van der Waals surface area contributed by atoms with Gasteiger partial charge in [0.05, 0.1) is 31.1 Å². The molecule has 0 aliphatic carbocycles. The third-order valence-corrected chi connectivity index (χ3v) is 13.8. The fraction of sp³-hybridized carbons (Fsp3) is 0.116. The lowest BCUT2D eigenvalue weighted by atomic mass is 10.3. The highest BCUT2D eigenvalue weighted by molar-refractivity contribution is 7.92. The second-order valence-electron chi connectivity index (χ2n) is 12.5. The average Bonchev–Trinajstić information content (AvgIpc) is 3.22. The molecule has 300 valence electrons. The van der Waals surface area contributed by atoms with Crippen molar-refractivity contribution in [2.45, 2.75) is 42.7 Å². The van der Waals surface area contributed by atoms with Crippen molar-refractivity contribution in [1.82, 2.24) is 0 Å². The average molecular weight is 843 g/mol. The number of benzene rings is 6. The molecule has 0 atom stereocenters. The molecule has 0 saturated carbocycles. The van der Waals surface area contributed by atoms with E-state index in [-0.39, 0.29) is 59.8 Å². The molecule has 58 heavy (non-hydrogen) atoms. The van der Waals surface area contributed by atoms with Crippen molar-refractivity contribution < 1.29 is 54.4 Å². The van der Waals surface area contributed by atoms with E-state index >= 15 is 0 Å². The van der Waals surface area contributed by atoms with Gasteiger partial charge >= 0.3 is 0 Å². The Morgan fingerprint density at radius 3 is 1.50 bits per heavy atom. The molecule has 15 heteroatoms. The van der Waals surface area contributed by atoms with Crippen molar-refractivity contribution >= 4 is 29.5 Å². The molecule has 0 aliphatic heterocycles. The maximum Gasteiger partial charge on any atom is 0.210 e. The highest BCUT2D eigenvalue weighted by Gasteiger charge is 2.23. The van der Waals surface area contributed by atoms with E-state index in [9.17, 15) is 35.5 Å². The normalized spacial score (nSPS) is 11.9. The Morgan fingerprint density at radius 2 is 0.948 bits per heavy atom. The summed E-state index contributed by atoms with van der Waals surface area (Å²) in [6.07, 6.45) is 4.10. The van der Waals surface area contributed by atoms with Gasteiger partial charge in [-0.05, 0) is 140 Å². The molecule has 0 saturated heterocycles. The van der Waals surface area contributed by atoms with Crippen LogP contribution in [-0.4, -0.2) is 55.3 Å². The van der Waals surface area contributed by atoms with Gasteiger partial charge < -0.3 is 29.2 Å². The van der Waals surface area contributed by atoms with Crippen LogP contribution in [0.5, 0.6) is 40.2 Å². The van der Waals surface area contributed by atoms with Crippen molar-refractivity contribution in [2.24, 2.45) is 0 Å². The second-order valence-corrected chi connectivity index (χ2v) is 18.4. The molecule has 12 nitrogen and oxygen atoms in total. The minimum atomic E-state index is -3.98. The van der Waals surface area contributed by atoms with E-state index in [4.69, 9.17) is 18.9 Å². The van der Waals surface area contributed by atoms with Crippen LogP contribution in [0.3, 0.4) is 0 Å². The molecule has 0 fully saturated rings. The summed E-state index contributed by atoms with van der Waals surface area (Å²) in [6, 6.07) is 32.7. The van der Waals surface area contributed by atoms with Gasteiger partial charge in [-0.1, -0.05) is 19.1 Å². The molecule has 0 aliphatic rings. The van der Waals surface area contributed by atoms with Gasteiger partial charge in [-0.2, -0.15) is 0 Å². The van der Waals surface area contributed by atoms with Crippen LogP contribution in [0.1, 0.15) is 13.3 Å². The lowest BCUT2D eigenvalue weighted by Crippen LogP contribution is -2.05. The van der Waals surface area contributed by atoms with Gasteiger partial charge in [-0.25, -0.2) is 25.3 Å². The summed E-state index contributed by atoms with van der Waals surface area (Å²) >= 11 is 0. The van der Waals surface area contributed by atoms with Gasteiger partial charge in [-0.15, -0.1) is 0 Å². The van der Waals surface area contributed by atoms with Crippen LogP contribution in [-0.2, 0) is 29.5 Å². The van der Waals surface area contributed by atoms with Crippen molar-refractivity contribution in [3.05, 3.63) is 152 Å². The Balaban J connectivity index is 1.04. The Labute approximate surface area is 337 Å². The van der Waals surface area contributed by atoms with Crippen molar-refractivity contribution in [2.75, 3.05) is 19.8 Å². The first-order valence-corrected chi connectivity index (χ1v) is 22.2. The van der Waals surface area contributed by atoms with Gasteiger partial charge in [0.25, 0.3) is 0 Å². The summed E-state index contributed by atoms with van der Waals surface area (Å²) in [7, 11) is -11.7. The van der Waals surface area contributed by atoms with Crippen LogP contribution in [0, 0.1) is 0 Å². The molecule has 0 radical (unpaired) electrons. The highest BCUT2D eigenvalue weighted by atomic mass is 32.2. The topological polar surface area (TPSA) is 180 Å². The van der Waals surface area contributed by atoms with Crippen LogP contribution in [0.25, 0.3) is 0 Å². The van der Waals surface area contributed by atoms with E-state index in [1.165, 1.54) is 133 Å². The molecule has 6 aromatic carbocycles. The monoisotopic (exact) mass is 842 g/mol. The number of phenols is 2. The fourth-order valence-electron chi connectivity index (χ4n) is 5.45. The summed E-state index contributed by atoms with van der Waals surface area (Å²) < 4.78 is 102. The zero-order chi connectivity index (χ0) is 41.3. The quantitative estimate of drug-likeness (QED) is 0.0842. The number of aromatic hydroxyl groups is 2. The van der Waals surface area contributed by atoms with Gasteiger partial charge in [-0.3, -0.25) is 0 Å². The number of phenolic OH excluding ortho intramolecular Hbond substituents is 2. The molecule has 0 amide bonds. The van der Waals surface area contributed by atoms with E-state index in [0.717, 1.165) is 0 Å². The molecule has 0 bridgehead atoms. The first-order chi connectivity index (χ1) is 27.8. The number of hydrogen-bond donors (Lipinski definition) is 2. The standard InChI is InChI=1S/C43H38O12S3/c1-2-27-53-42-30-39(25-26-41(42)54-29-6-5-28-52-32-11-19-38(20-12-32)58(50,51)43-8-4-3-7-40(43)45)57(48,49)37-23-15-34(16-24-37)55-33-13-21-36(22-14-33)56(46,47)35-17-9-31(44)10-18-35/h3-26,30,44-45H,2,27-29H2,1H3. The molecule has 0 spiro atoms. The highest BCUT2D eigenvalue weighted by Crippen LogP contribution is 2.34. The number of ether oxygens (including phenoxy) is 4. The number of hydrogen-bond acceptors (Lipinski definition) is 12. The summed E-state index contributed by atoms with van der Waals surface area (Å²) in [6.45, 7) is 2.52. The molecular weight excluding hydrogens is 805 g/mol. The SMILES string of the molecule is CCCOc1cc(S(=O)(=O)c2ccc(Oc3ccc(S(=O)(=O)c4ccc(O)cc4)cc3)cc2)ccc1OCC=CCOc1ccc(S(=O)(=O)c2ccccc2O)cc1. The third-order valence-electron chi connectivity index (χ3n) is 8.47. The predicted octanol–water partition coefficient (Wildman–Crippen LogP) is 8.19. The lowest BCUT2D eigenvalue weighted by molar-refractivity contribution is 0.282. The zero-order valence-electron chi connectivity index (χ0n) is 31.0. The van der Waals surface area contributed by atoms with Crippen LogP contribution >= 0.6 is 0 Å². The van der Waals surface area contributed by atoms with Crippen molar-refractivity contribution in [1.29, 1.82) is 0 Å². The molecule has 0 heterocycles.